The van der Waals surface area contributed by atoms with Crippen LogP contribution in [0.2, 0.25) is 0 Å². The summed E-state index contributed by atoms with van der Waals surface area (Å²) in [5.41, 5.74) is 5.61. The summed E-state index contributed by atoms with van der Waals surface area (Å²) in [5, 5.41) is 8.57. The van der Waals surface area contributed by atoms with E-state index in [-0.39, 0.29) is 0 Å². The van der Waals surface area contributed by atoms with E-state index in [4.69, 9.17) is 4.74 Å². The number of hydrogen-bond acceptors (Lipinski definition) is 5. The number of aromatic nitrogens is 3. The fourth-order valence-corrected chi connectivity index (χ4v) is 3.79. The molecule has 0 amide bonds. The van der Waals surface area contributed by atoms with Crippen LogP contribution in [0.5, 0.6) is 0 Å². The van der Waals surface area contributed by atoms with E-state index in [2.05, 4.69) is 64.8 Å². The molecule has 0 atom stereocenters. The highest BCUT2D eigenvalue weighted by Crippen LogP contribution is 2.32. The van der Waals surface area contributed by atoms with Crippen molar-refractivity contribution < 1.29 is 4.74 Å². The number of nitrogens with one attached hydrogen (secondary N) is 1. The molecule has 0 radical (unpaired) electrons. The van der Waals surface area contributed by atoms with Crippen molar-refractivity contribution in [3.63, 3.8) is 0 Å². The normalized spacial score (nSPS) is 10.9. The Kier molecular flexibility index (Phi) is 5.50. The second kappa shape index (κ2) is 8.37. The van der Waals surface area contributed by atoms with Crippen molar-refractivity contribution in [3.05, 3.63) is 78.2 Å². The van der Waals surface area contributed by atoms with Gasteiger partial charge in [0.25, 0.3) is 0 Å². The number of ether oxygens (including phenoxy) is 1. The minimum absolute atomic E-state index is 0.646. The van der Waals surface area contributed by atoms with E-state index in [1.807, 2.05) is 30.1 Å². The largest absolute Gasteiger partial charge is 0.377 e. The Labute approximate surface area is 168 Å². The van der Waals surface area contributed by atoms with Gasteiger partial charge in [-0.1, -0.05) is 35.6 Å². The Morgan fingerprint density at radius 3 is 2.71 bits per heavy atom. The van der Waals surface area contributed by atoms with Crippen LogP contribution in [0.1, 0.15) is 18.1 Å². The number of benzene rings is 2. The van der Waals surface area contributed by atoms with Gasteiger partial charge in [0, 0.05) is 30.9 Å². The molecule has 0 saturated heterocycles. The maximum atomic E-state index is 5.48. The predicted octanol–water partition coefficient (Wildman–Crippen LogP) is 5.58. The van der Waals surface area contributed by atoms with Crippen molar-refractivity contribution in [2.75, 3.05) is 11.9 Å². The van der Waals surface area contributed by atoms with Gasteiger partial charge in [0.1, 0.15) is 0 Å². The highest BCUT2D eigenvalue weighted by atomic mass is 32.1. The molecule has 0 unspecified atom stereocenters. The Morgan fingerprint density at radius 2 is 2.00 bits per heavy atom. The van der Waals surface area contributed by atoms with Crippen molar-refractivity contribution in [3.8, 4) is 16.1 Å². The summed E-state index contributed by atoms with van der Waals surface area (Å²) in [4.78, 5) is 5.66. The van der Waals surface area contributed by atoms with E-state index in [1.54, 1.807) is 17.5 Å². The fourth-order valence-electron chi connectivity index (χ4n) is 2.96. The standard InChI is InChI=1S/C22H22N4OS/c1-3-27-15-17-5-10-20(16(2)13-17)25-22-23-14-21(28-22)18-6-8-19(9-7-18)26-12-4-11-24-26/h4-14H,3,15H2,1-2H3,(H,23,25). The quantitative estimate of drug-likeness (QED) is 0.447. The van der Waals surface area contributed by atoms with Crippen LogP contribution < -0.4 is 5.32 Å². The predicted molar refractivity (Wildman–Crippen MR) is 114 cm³/mol. The molecule has 2 heterocycles. The van der Waals surface area contributed by atoms with Crippen LogP contribution in [0.3, 0.4) is 0 Å². The molecular formula is C22H22N4OS. The van der Waals surface area contributed by atoms with E-state index in [9.17, 15) is 0 Å². The molecule has 0 fully saturated rings. The second-order valence-electron chi connectivity index (χ2n) is 6.44. The molecule has 0 saturated carbocycles. The fraction of sp³-hybridized carbons (Fsp3) is 0.182. The lowest BCUT2D eigenvalue weighted by molar-refractivity contribution is 0.134. The Balaban J connectivity index is 1.47. The van der Waals surface area contributed by atoms with Crippen LogP contribution in [0.25, 0.3) is 16.1 Å². The number of hydrogen-bond donors (Lipinski definition) is 1. The first-order valence-corrected chi connectivity index (χ1v) is 10.0. The molecular weight excluding hydrogens is 368 g/mol. The number of nitrogens with zero attached hydrogens (tertiary/aromatic N) is 3. The lowest BCUT2D eigenvalue weighted by Gasteiger charge is -2.09. The maximum Gasteiger partial charge on any atom is 0.187 e. The summed E-state index contributed by atoms with van der Waals surface area (Å²) in [6.07, 6.45) is 5.63. The molecule has 6 heteroatoms. The summed E-state index contributed by atoms with van der Waals surface area (Å²) in [6.45, 7) is 5.48. The van der Waals surface area contributed by atoms with Gasteiger partial charge >= 0.3 is 0 Å². The van der Waals surface area contributed by atoms with Crippen molar-refractivity contribution in [2.45, 2.75) is 20.5 Å². The molecule has 2 aromatic heterocycles. The minimum atomic E-state index is 0.646. The molecule has 0 aliphatic carbocycles. The van der Waals surface area contributed by atoms with Gasteiger partial charge in [-0.25, -0.2) is 9.67 Å². The first-order chi connectivity index (χ1) is 13.7. The zero-order valence-electron chi connectivity index (χ0n) is 15.9. The van der Waals surface area contributed by atoms with Crippen LogP contribution in [0.4, 0.5) is 10.8 Å². The molecule has 4 rings (SSSR count). The van der Waals surface area contributed by atoms with Gasteiger partial charge in [0.2, 0.25) is 0 Å². The van der Waals surface area contributed by atoms with E-state index >= 15 is 0 Å². The zero-order chi connectivity index (χ0) is 19.3. The van der Waals surface area contributed by atoms with E-state index in [1.165, 1.54) is 11.1 Å². The molecule has 0 spiro atoms. The number of anilines is 2. The van der Waals surface area contributed by atoms with Gasteiger partial charge in [0.05, 0.1) is 17.2 Å². The SMILES string of the molecule is CCOCc1ccc(Nc2ncc(-c3ccc(-n4cccn4)cc3)s2)c(C)c1. The van der Waals surface area contributed by atoms with E-state index in [0.29, 0.717) is 6.61 Å². The third kappa shape index (κ3) is 4.13. The molecule has 4 aromatic rings. The highest BCUT2D eigenvalue weighted by molar-refractivity contribution is 7.18. The number of aryl methyl sites for hydroxylation is 1. The molecule has 5 nitrogen and oxygen atoms in total. The number of thiazole rings is 1. The van der Waals surface area contributed by atoms with Gasteiger partial charge in [-0.3, -0.25) is 0 Å². The Bertz CT molecular complexity index is 1040. The molecule has 142 valence electrons. The minimum Gasteiger partial charge on any atom is -0.377 e. The second-order valence-corrected chi connectivity index (χ2v) is 7.47. The maximum absolute atomic E-state index is 5.48. The molecule has 0 aliphatic rings. The van der Waals surface area contributed by atoms with Crippen LogP contribution >= 0.6 is 11.3 Å². The van der Waals surface area contributed by atoms with Gasteiger partial charge < -0.3 is 10.1 Å². The summed E-state index contributed by atoms with van der Waals surface area (Å²) in [7, 11) is 0. The van der Waals surface area contributed by atoms with Gasteiger partial charge in [-0.2, -0.15) is 5.10 Å². The van der Waals surface area contributed by atoms with Crippen molar-refractivity contribution in [1.82, 2.24) is 14.8 Å². The first kappa shape index (κ1) is 18.4. The van der Waals surface area contributed by atoms with Gasteiger partial charge in [-0.15, -0.1) is 0 Å². The third-order valence-electron chi connectivity index (χ3n) is 4.43. The average molecular weight is 391 g/mol. The molecule has 28 heavy (non-hydrogen) atoms. The number of rotatable bonds is 7. The summed E-state index contributed by atoms with van der Waals surface area (Å²) in [5.74, 6) is 0. The summed E-state index contributed by atoms with van der Waals surface area (Å²) < 4.78 is 7.33. The van der Waals surface area contributed by atoms with Crippen molar-refractivity contribution >= 4 is 22.2 Å². The summed E-state index contributed by atoms with van der Waals surface area (Å²) in [6, 6.07) is 16.6. The van der Waals surface area contributed by atoms with Crippen LogP contribution in [-0.4, -0.2) is 21.4 Å². The Morgan fingerprint density at radius 1 is 1.14 bits per heavy atom. The van der Waals surface area contributed by atoms with E-state index < -0.39 is 0 Å². The van der Waals surface area contributed by atoms with Crippen molar-refractivity contribution in [1.29, 1.82) is 0 Å². The van der Waals surface area contributed by atoms with Gasteiger partial charge in [0.15, 0.2) is 5.13 Å². The Hall–Kier alpha value is -2.96. The highest BCUT2D eigenvalue weighted by Gasteiger charge is 2.07. The van der Waals surface area contributed by atoms with Gasteiger partial charge in [-0.05, 0) is 54.8 Å². The first-order valence-electron chi connectivity index (χ1n) is 9.23. The molecule has 2 aromatic carbocycles. The lowest BCUT2D eigenvalue weighted by Crippen LogP contribution is -1.96. The monoisotopic (exact) mass is 390 g/mol. The van der Waals surface area contributed by atoms with Crippen LogP contribution in [0.15, 0.2) is 67.1 Å². The zero-order valence-corrected chi connectivity index (χ0v) is 16.7. The average Bonchev–Trinajstić information content (AvgIpc) is 3.41. The molecule has 0 aliphatic heterocycles. The van der Waals surface area contributed by atoms with Crippen molar-refractivity contribution in [2.24, 2.45) is 0 Å². The molecule has 0 bridgehead atoms. The smallest absolute Gasteiger partial charge is 0.187 e. The topological polar surface area (TPSA) is 52.0 Å². The molecule has 1 N–H and O–H groups in total. The lowest BCUT2D eigenvalue weighted by atomic mass is 10.1. The van der Waals surface area contributed by atoms with Crippen LogP contribution in [-0.2, 0) is 11.3 Å². The van der Waals surface area contributed by atoms with E-state index in [0.717, 1.165) is 33.6 Å². The van der Waals surface area contributed by atoms with Crippen LogP contribution in [0, 0.1) is 6.92 Å². The summed E-state index contributed by atoms with van der Waals surface area (Å²) >= 11 is 1.64. The third-order valence-corrected chi connectivity index (χ3v) is 5.39.